The van der Waals surface area contributed by atoms with Gasteiger partial charge >= 0.3 is 11.9 Å². The molecule has 0 aliphatic rings. The molecule has 0 bridgehead atoms. The summed E-state index contributed by atoms with van der Waals surface area (Å²) in [4.78, 5) is 41.1. The van der Waals surface area contributed by atoms with E-state index < -0.39 is 35.7 Å². The van der Waals surface area contributed by atoms with Gasteiger partial charge in [-0.1, -0.05) is 6.92 Å². The van der Waals surface area contributed by atoms with Crippen molar-refractivity contribution in [2.45, 2.75) is 25.4 Å². The molecule has 0 aromatic heterocycles. The summed E-state index contributed by atoms with van der Waals surface area (Å²) in [6.07, 6.45) is 0.587. The quantitative estimate of drug-likeness (QED) is 0.349. The van der Waals surface area contributed by atoms with E-state index in [4.69, 9.17) is 10.2 Å². The van der Waals surface area contributed by atoms with E-state index >= 15 is 0 Å². The number of carbonyl (C=O) groups is 4. The Labute approximate surface area is 134 Å². The van der Waals surface area contributed by atoms with Crippen LogP contribution in [0.5, 0.6) is 0 Å². The van der Waals surface area contributed by atoms with Gasteiger partial charge in [-0.05, 0) is 0 Å². The molecule has 0 amide bonds. The second kappa shape index (κ2) is 9.70. The molecule has 0 rings (SSSR count). The van der Waals surface area contributed by atoms with Crippen molar-refractivity contribution in [2.24, 2.45) is 0 Å². The van der Waals surface area contributed by atoms with Crippen molar-refractivity contribution in [3.63, 3.8) is 0 Å². The molecule has 0 saturated heterocycles. The number of nitrogens with zero attached hydrogens (tertiary/aromatic N) is 1. The van der Waals surface area contributed by atoms with E-state index in [0.29, 0.717) is 16.6 Å². The summed E-state index contributed by atoms with van der Waals surface area (Å²) >= 11 is 0. The lowest BCUT2D eigenvalue weighted by molar-refractivity contribution is -0.875. The average Bonchev–Trinajstić information content (AvgIpc) is 2.32. The highest BCUT2D eigenvalue weighted by Gasteiger charge is 2.39. The van der Waals surface area contributed by atoms with Crippen LogP contribution in [0.4, 0.5) is 0 Å². The standard InChI is InChI=1S/C10H19NO4.C4H4O4/c1-5-8(12)10(15,6-9(13)14)7-11(2,3)4;5-3(6)1-2-4(7)8/h15H,5-7H2,1-4H3;1-2H,(H,5,6)(H,7,8)/t10-;/m1./s1. The summed E-state index contributed by atoms with van der Waals surface area (Å²) in [5.74, 6) is -4.38. The van der Waals surface area contributed by atoms with Crippen molar-refractivity contribution in [1.82, 2.24) is 0 Å². The monoisotopic (exact) mass is 333 g/mol. The predicted octanol–water partition coefficient (Wildman–Crippen LogP) is -1.75. The minimum absolute atomic E-state index is 0.0631. The number of rotatable bonds is 8. The fourth-order valence-corrected chi connectivity index (χ4v) is 1.74. The number of quaternary nitrogens is 1. The normalized spacial score (nSPS) is 13.6. The number of hydrogen-bond donors (Lipinski definition) is 3. The van der Waals surface area contributed by atoms with E-state index in [2.05, 4.69) is 0 Å². The molecule has 23 heavy (non-hydrogen) atoms. The number of ketones is 1. The Hall–Kier alpha value is -2.26. The van der Waals surface area contributed by atoms with Gasteiger partial charge in [0.2, 0.25) is 0 Å². The number of Topliss-reactive ketones (excluding diaryl/α,β-unsaturated/α-hetero) is 1. The predicted molar refractivity (Wildman–Crippen MR) is 77.2 cm³/mol. The molecule has 9 heteroatoms. The Morgan fingerprint density at radius 2 is 1.43 bits per heavy atom. The lowest BCUT2D eigenvalue weighted by Gasteiger charge is -2.34. The first kappa shape index (κ1) is 23.0. The van der Waals surface area contributed by atoms with Gasteiger partial charge in [0, 0.05) is 31.0 Å². The van der Waals surface area contributed by atoms with Crippen LogP contribution in [0.3, 0.4) is 0 Å². The summed E-state index contributed by atoms with van der Waals surface area (Å²) in [5.41, 5.74) is -1.81. The highest BCUT2D eigenvalue weighted by atomic mass is 16.4. The van der Waals surface area contributed by atoms with Crippen LogP contribution in [0.25, 0.3) is 0 Å². The number of hydrogen-bond acceptors (Lipinski definition) is 6. The SMILES string of the molecule is CCC(=O)[C@@](O)(CC(=O)[O-])C[N+](C)(C)C.O=C(O)C=CC(=O)O. The molecule has 0 heterocycles. The molecule has 0 fully saturated rings. The number of carbonyl (C=O) groups excluding carboxylic acids is 2. The van der Waals surface area contributed by atoms with Gasteiger partial charge in [-0.3, -0.25) is 4.79 Å². The van der Waals surface area contributed by atoms with Crippen LogP contribution in [0.2, 0.25) is 0 Å². The van der Waals surface area contributed by atoms with Gasteiger partial charge in [0.05, 0.1) is 21.1 Å². The first-order chi connectivity index (χ1) is 10.2. The summed E-state index contributed by atoms with van der Waals surface area (Å²) in [6.45, 7) is 1.66. The van der Waals surface area contributed by atoms with Crippen molar-refractivity contribution in [3.8, 4) is 0 Å². The van der Waals surface area contributed by atoms with Crippen LogP contribution in [-0.4, -0.2) is 76.8 Å². The highest BCUT2D eigenvalue weighted by molar-refractivity contribution is 5.90. The van der Waals surface area contributed by atoms with E-state index in [0.717, 1.165) is 0 Å². The maximum atomic E-state index is 11.5. The van der Waals surface area contributed by atoms with Crippen molar-refractivity contribution in [3.05, 3.63) is 12.2 Å². The Bertz CT molecular complexity index is 462. The first-order valence-corrected chi connectivity index (χ1v) is 6.63. The summed E-state index contributed by atoms with van der Waals surface area (Å²) in [6, 6.07) is 0. The zero-order chi connectivity index (χ0) is 18.8. The molecular weight excluding hydrogens is 310 g/mol. The number of carboxylic acids is 3. The molecule has 0 aliphatic carbocycles. The molecule has 1 atom stereocenters. The summed E-state index contributed by atoms with van der Waals surface area (Å²) in [7, 11) is 5.34. The molecule has 0 aromatic rings. The average molecular weight is 333 g/mol. The fourth-order valence-electron chi connectivity index (χ4n) is 1.74. The van der Waals surface area contributed by atoms with Crippen molar-refractivity contribution in [1.29, 1.82) is 0 Å². The Kier molecular flexibility index (Phi) is 9.70. The van der Waals surface area contributed by atoms with Gasteiger partial charge in [0.15, 0.2) is 11.4 Å². The Morgan fingerprint density at radius 1 is 1.04 bits per heavy atom. The zero-order valence-corrected chi connectivity index (χ0v) is 13.6. The number of aliphatic hydroxyl groups is 1. The lowest BCUT2D eigenvalue weighted by Crippen LogP contribution is -2.55. The Balaban J connectivity index is 0. The van der Waals surface area contributed by atoms with Crippen molar-refractivity contribution < 1.29 is 44.1 Å². The molecular formula is C14H23NO8. The topological polar surface area (TPSA) is 152 Å². The van der Waals surface area contributed by atoms with Gasteiger partial charge in [0.1, 0.15) is 6.54 Å². The van der Waals surface area contributed by atoms with Crippen LogP contribution in [0.1, 0.15) is 19.8 Å². The molecule has 0 saturated carbocycles. The van der Waals surface area contributed by atoms with Crippen molar-refractivity contribution in [2.75, 3.05) is 27.7 Å². The number of likely N-dealkylation sites (N-methyl/N-ethyl adjacent to an activating group) is 1. The number of carboxylic acid groups (broad SMARTS) is 3. The van der Waals surface area contributed by atoms with Crippen LogP contribution in [0.15, 0.2) is 12.2 Å². The largest absolute Gasteiger partial charge is 0.550 e. The smallest absolute Gasteiger partial charge is 0.328 e. The van der Waals surface area contributed by atoms with E-state index in [1.165, 1.54) is 0 Å². The minimum Gasteiger partial charge on any atom is -0.550 e. The minimum atomic E-state index is -1.81. The molecule has 0 aliphatic heterocycles. The van der Waals surface area contributed by atoms with Crippen molar-refractivity contribution >= 4 is 23.7 Å². The van der Waals surface area contributed by atoms with Crippen LogP contribution < -0.4 is 5.11 Å². The summed E-state index contributed by atoms with van der Waals surface area (Å²) < 4.78 is 0.315. The van der Waals surface area contributed by atoms with Crippen LogP contribution in [-0.2, 0) is 19.2 Å². The molecule has 0 aromatic carbocycles. The fraction of sp³-hybridized carbons (Fsp3) is 0.571. The second-order valence-corrected chi connectivity index (χ2v) is 5.82. The maximum Gasteiger partial charge on any atom is 0.328 e. The lowest BCUT2D eigenvalue weighted by atomic mass is 9.91. The summed E-state index contributed by atoms with van der Waals surface area (Å²) in [5, 5.41) is 36.1. The third-order valence-corrected chi connectivity index (χ3v) is 2.38. The molecule has 132 valence electrons. The Morgan fingerprint density at radius 3 is 1.65 bits per heavy atom. The van der Waals surface area contributed by atoms with E-state index in [9.17, 15) is 29.4 Å². The molecule has 0 unspecified atom stereocenters. The first-order valence-electron chi connectivity index (χ1n) is 6.63. The maximum absolute atomic E-state index is 11.5. The molecule has 3 N–H and O–H groups in total. The third-order valence-electron chi connectivity index (χ3n) is 2.38. The van der Waals surface area contributed by atoms with Gasteiger partial charge < -0.3 is 29.7 Å². The molecule has 0 radical (unpaired) electrons. The van der Waals surface area contributed by atoms with E-state index in [1.807, 2.05) is 0 Å². The van der Waals surface area contributed by atoms with E-state index in [-0.39, 0.29) is 13.0 Å². The highest BCUT2D eigenvalue weighted by Crippen LogP contribution is 2.17. The van der Waals surface area contributed by atoms with Gasteiger partial charge in [-0.15, -0.1) is 0 Å². The zero-order valence-electron chi connectivity index (χ0n) is 13.6. The third kappa shape index (κ3) is 13.1. The van der Waals surface area contributed by atoms with Crippen LogP contribution >= 0.6 is 0 Å². The van der Waals surface area contributed by atoms with Crippen LogP contribution in [0, 0.1) is 0 Å². The van der Waals surface area contributed by atoms with Gasteiger partial charge in [0.25, 0.3) is 0 Å². The van der Waals surface area contributed by atoms with Gasteiger partial charge in [-0.2, -0.15) is 0 Å². The van der Waals surface area contributed by atoms with Gasteiger partial charge in [-0.25, -0.2) is 9.59 Å². The van der Waals surface area contributed by atoms with E-state index in [1.54, 1.807) is 28.1 Å². The molecule has 0 spiro atoms. The second-order valence-electron chi connectivity index (χ2n) is 5.82. The molecule has 9 nitrogen and oxygen atoms in total. The number of aliphatic carboxylic acids is 3.